The molecule has 2 fully saturated rings. The number of sulfonamides is 1. The number of carbonyl (C=O) groups excluding carboxylic acids is 1. The molecule has 28 heavy (non-hydrogen) atoms. The molecule has 2 aliphatic rings. The molecule has 156 valence electrons. The third-order valence-corrected chi connectivity index (χ3v) is 8.43. The fraction of sp³-hybridized carbons (Fsp3) is 0.650. The predicted octanol–water partition coefficient (Wildman–Crippen LogP) is 1.08. The molecule has 1 aromatic carbocycles. The fourth-order valence-electron chi connectivity index (χ4n) is 4.10. The fourth-order valence-corrected chi connectivity index (χ4v) is 6.32. The van der Waals surface area contributed by atoms with E-state index < -0.39 is 33.7 Å². The van der Waals surface area contributed by atoms with E-state index >= 15 is 0 Å². The van der Waals surface area contributed by atoms with Crippen molar-refractivity contribution in [3.63, 3.8) is 0 Å². The van der Waals surface area contributed by atoms with E-state index in [9.17, 15) is 23.4 Å². The number of hydrogen-bond donors (Lipinski definition) is 3. The number of aryl methyl sites for hydroxylation is 2. The van der Waals surface area contributed by atoms with Gasteiger partial charge >= 0.3 is 0 Å². The zero-order valence-corrected chi connectivity index (χ0v) is 17.8. The minimum Gasteiger partial charge on any atom is -0.392 e. The van der Waals surface area contributed by atoms with Crippen LogP contribution in [0.5, 0.6) is 0 Å². The third kappa shape index (κ3) is 3.70. The van der Waals surface area contributed by atoms with Crippen LogP contribution in [0.25, 0.3) is 0 Å². The Morgan fingerprint density at radius 2 is 1.79 bits per heavy atom. The third-order valence-electron chi connectivity index (χ3n) is 6.28. The molecular formula is C20H30N2O5S. The van der Waals surface area contributed by atoms with Gasteiger partial charge in [-0.1, -0.05) is 6.07 Å². The maximum absolute atomic E-state index is 13.5. The summed E-state index contributed by atoms with van der Waals surface area (Å²) in [4.78, 5) is 12.9. The van der Waals surface area contributed by atoms with Crippen molar-refractivity contribution >= 4 is 15.9 Å². The van der Waals surface area contributed by atoms with Crippen LogP contribution >= 0.6 is 0 Å². The molecule has 1 aromatic rings. The maximum Gasteiger partial charge on any atom is 0.244 e. The highest BCUT2D eigenvalue weighted by molar-refractivity contribution is 7.89. The monoisotopic (exact) mass is 410 g/mol. The van der Waals surface area contributed by atoms with Crippen molar-refractivity contribution in [1.29, 1.82) is 0 Å². The van der Waals surface area contributed by atoms with Crippen molar-refractivity contribution in [1.82, 2.24) is 9.62 Å². The molecule has 1 heterocycles. The van der Waals surface area contributed by atoms with Crippen LogP contribution in [0.2, 0.25) is 0 Å². The largest absolute Gasteiger partial charge is 0.392 e. The number of nitrogens with zero attached hydrogens (tertiary/aromatic N) is 1. The van der Waals surface area contributed by atoms with Gasteiger partial charge in [0.05, 0.1) is 16.6 Å². The van der Waals surface area contributed by atoms with Crippen LogP contribution < -0.4 is 5.32 Å². The molecule has 0 bridgehead atoms. The quantitative estimate of drug-likeness (QED) is 0.673. The summed E-state index contributed by atoms with van der Waals surface area (Å²) >= 11 is 0. The van der Waals surface area contributed by atoms with Crippen molar-refractivity contribution in [3.8, 4) is 0 Å². The first-order valence-corrected chi connectivity index (χ1v) is 11.2. The van der Waals surface area contributed by atoms with E-state index in [4.69, 9.17) is 0 Å². The lowest BCUT2D eigenvalue weighted by molar-refractivity contribution is -0.126. The molecule has 3 rings (SSSR count). The van der Waals surface area contributed by atoms with Crippen LogP contribution in [0.1, 0.15) is 47.9 Å². The van der Waals surface area contributed by atoms with Gasteiger partial charge < -0.3 is 15.5 Å². The van der Waals surface area contributed by atoms with Crippen molar-refractivity contribution in [2.45, 2.75) is 76.0 Å². The Morgan fingerprint density at radius 1 is 1.21 bits per heavy atom. The van der Waals surface area contributed by atoms with Gasteiger partial charge in [0.1, 0.15) is 6.04 Å². The summed E-state index contributed by atoms with van der Waals surface area (Å²) in [5, 5.41) is 23.0. The zero-order chi connectivity index (χ0) is 20.9. The molecule has 0 radical (unpaired) electrons. The molecule has 0 aromatic heterocycles. The van der Waals surface area contributed by atoms with Gasteiger partial charge in [-0.05, 0) is 69.2 Å². The summed E-state index contributed by atoms with van der Waals surface area (Å²) in [6.07, 6.45) is 1.32. The van der Waals surface area contributed by atoms with Gasteiger partial charge in [0, 0.05) is 19.5 Å². The first-order valence-electron chi connectivity index (χ1n) is 9.74. The Morgan fingerprint density at radius 3 is 2.29 bits per heavy atom. The van der Waals surface area contributed by atoms with Gasteiger partial charge in [-0.3, -0.25) is 4.79 Å². The van der Waals surface area contributed by atoms with Crippen molar-refractivity contribution in [2.75, 3.05) is 13.1 Å². The minimum absolute atomic E-state index is 0.0480. The highest BCUT2D eigenvalue weighted by Crippen LogP contribution is 2.34. The highest BCUT2D eigenvalue weighted by Gasteiger charge is 2.45. The topological polar surface area (TPSA) is 107 Å². The second-order valence-corrected chi connectivity index (χ2v) is 10.2. The SMILES string of the molecule is Cc1cc(C)c(C)c(S(=O)(=O)N2C[C@@H](O)C[C@H]2C(=O)NCC2(O)CCC2)c1C. The van der Waals surface area contributed by atoms with Gasteiger partial charge in [-0.15, -0.1) is 0 Å². The van der Waals surface area contributed by atoms with Gasteiger partial charge in [0.15, 0.2) is 0 Å². The van der Waals surface area contributed by atoms with Gasteiger partial charge in [-0.2, -0.15) is 4.31 Å². The van der Waals surface area contributed by atoms with E-state index in [-0.39, 0.29) is 24.4 Å². The van der Waals surface area contributed by atoms with Crippen LogP contribution in [0.15, 0.2) is 11.0 Å². The summed E-state index contributed by atoms with van der Waals surface area (Å²) < 4.78 is 28.1. The zero-order valence-electron chi connectivity index (χ0n) is 16.9. The van der Waals surface area contributed by atoms with E-state index in [1.54, 1.807) is 13.8 Å². The molecule has 0 spiro atoms. The van der Waals surface area contributed by atoms with E-state index in [0.29, 0.717) is 24.0 Å². The second-order valence-electron chi connectivity index (χ2n) is 8.37. The lowest BCUT2D eigenvalue weighted by Crippen LogP contribution is -2.52. The number of benzene rings is 1. The number of amides is 1. The van der Waals surface area contributed by atoms with Crippen molar-refractivity contribution in [2.24, 2.45) is 0 Å². The van der Waals surface area contributed by atoms with E-state index in [1.165, 1.54) is 0 Å². The Kier molecular flexibility index (Phi) is 5.62. The second kappa shape index (κ2) is 7.40. The smallest absolute Gasteiger partial charge is 0.244 e. The first-order chi connectivity index (χ1) is 13.0. The molecule has 3 N–H and O–H groups in total. The number of β-amino-alcohol motifs (C(OH)–C–C–N with tert-alkyl or cyclic N) is 1. The number of nitrogens with one attached hydrogen (secondary N) is 1. The van der Waals surface area contributed by atoms with E-state index in [0.717, 1.165) is 21.9 Å². The molecule has 1 aliphatic carbocycles. The van der Waals surface area contributed by atoms with Crippen LogP contribution in [-0.4, -0.2) is 59.7 Å². The number of aliphatic hydroxyl groups excluding tert-OH is 1. The molecule has 7 nitrogen and oxygen atoms in total. The van der Waals surface area contributed by atoms with Crippen LogP contribution in [0.4, 0.5) is 0 Å². The normalized spacial score (nSPS) is 24.8. The summed E-state index contributed by atoms with van der Waals surface area (Å²) in [5.41, 5.74) is 2.17. The van der Waals surface area contributed by atoms with Gasteiger partial charge in [0.2, 0.25) is 15.9 Å². The Bertz CT molecular complexity index is 866. The lowest BCUT2D eigenvalue weighted by Gasteiger charge is -2.37. The van der Waals surface area contributed by atoms with Crippen molar-refractivity contribution < 1.29 is 23.4 Å². The molecule has 1 amide bonds. The number of hydrogen-bond acceptors (Lipinski definition) is 5. The van der Waals surface area contributed by atoms with E-state index in [1.807, 2.05) is 19.9 Å². The molecule has 2 atom stereocenters. The molecular weight excluding hydrogens is 380 g/mol. The van der Waals surface area contributed by atoms with Gasteiger partial charge in [-0.25, -0.2) is 8.42 Å². The summed E-state index contributed by atoms with van der Waals surface area (Å²) in [6.45, 7) is 7.25. The molecule has 0 unspecified atom stereocenters. The van der Waals surface area contributed by atoms with Crippen molar-refractivity contribution in [3.05, 3.63) is 28.3 Å². The van der Waals surface area contributed by atoms with Gasteiger partial charge in [0.25, 0.3) is 0 Å². The van der Waals surface area contributed by atoms with Crippen LogP contribution in [-0.2, 0) is 14.8 Å². The van der Waals surface area contributed by atoms with Crippen LogP contribution in [0, 0.1) is 27.7 Å². The highest BCUT2D eigenvalue weighted by atomic mass is 32.2. The first kappa shape index (κ1) is 21.2. The Hall–Kier alpha value is -1.48. The average Bonchev–Trinajstić information content (AvgIpc) is 2.99. The predicted molar refractivity (Wildman–Crippen MR) is 106 cm³/mol. The maximum atomic E-state index is 13.5. The van der Waals surface area contributed by atoms with E-state index in [2.05, 4.69) is 5.32 Å². The molecule has 8 heteroatoms. The molecule has 1 saturated carbocycles. The standard InChI is InChI=1S/C20H30N2O5S/c1-12-8-13(2)15(4)18(14(12)3)28(26,27)22-10-16(23)9-17(22)19(24)21-11-20(25)6-5-7-20/h8,16-17,23,25H,5-7,9-11H2,1-4H3,(H,21,24)/t16-,17-/m0/s1. The Labute approximate surface area is 166 Å². The Balaban J connectivity index is 1.91. The number of rotatable bonds is 5. The van der Waals surface area contributed by atoms with Crippen LogP contribution in [0.3, 0.4) is 0 Å². The lowest BCUT2D eigenvalue weighted by atomic mass is 9.80. The number of carbonyl (C=O) groups is 1. The summed E-state index contributed by atoms with van der Waals surface area (Å²) in [5.74, 6) is -0.472. The molecule has 1 saturated heterocycles. The number of aliphatic hydroxyl groups is 2. The summed E-state index contributed by atoms with van der Waals surface area (Å²) in [7, 11) is -3.97. The molecule has 1 aliphatic heterocycles. The average molecular weight is 411 g/mol. The minimum atomic E-state index is -3.97. The summed E-state index contributed by atoms with van der Waals surface area (Å²) in [6, 6.07) is 0.967.